The van der Waals surface area contributed by atoms with E-state index in [1.807, 2.05) is 0 Å². The molecule has 0 N–H and O–H groups in total. The molecule has 14 heavy (non-hydrogen) atoms. The van der Waals surface area contributed by atoms with Crippen LogP contribution in [-0.4, -0.2) is 46.4 Å². The summed E-state index contributed by atoms with van der Waals surface area (Å²) in [5.74, 6) is -0.674. The van der Waals surface area contributed by atoms with Crippen molar-refractivity contribution in [2.75, 3.05) is 12.0 Å². The first-order valence-corrected chi connectivity index (χ1v) is 5.85. The number of rotatable bonds is 4. The van der Waals surface area contributed by atoms with Gasteiger partial charge < -0.3 is 0 Å². The zero-order valence-corrected chi connectivity index (χ0v) is 8.65. The molecule has 0 atom stereocenters. The molecule has 7 nitrogen and oxygen atoms in total. The molecule has 8 heteroatoms. The van der Waals surface area contributed by atoms with E-state index in [0.717, 1.165) is 6.26 Å². The Morgan fingerprint density at radius 2 is 2.14 bits per heavy atom. The zero-order valence-electron chi connectivity index (χ0n) is 7.84. The first-order valence-electron chi connectivity index (χ1n) is 3.79. The summed E-state index contributed by atoms with van der Waals surface area (Å²) < 4.78 is 21.5. The molecule has 0 aromatic carbocycles. The second-order valence-corrected chi connectivity index (χ2v) is 5.12. The molecule has 0 amide bonds. The molecule has 0 fully saturated rings. The number of carbonyl (C=O) groups excluding carboxylic acids is 1. The van der Waals surface area contributed by atoms with Crippen LogP contribution in [-0.2, 0) is 28.1 Å². The van der Waals surface area contributed by atoms with Gasteiger partial charge in [-0.1, -0.05) is 0 Å². The van der Waals surface area contributed by atoms with E-state index < -0.39 is 21.4 Å². The fourth-order valence-corrected chi connectivity index (χ4v) is 1.60. The van der Waals surface area contributed by atoms with Crippen LogP contribution in [0.2, 0.25) is 0 Å². The summed E-state index contributed by atoms with van der Waals surface area (Å²) >= 11 is 0. The molecule has 0 unspecified atom stereocenters. The third kappa shape index (κ3) is 3.60. The highest BCUT2D eigenvalue weighted by atomic mass is 32.2. The van der Waals surface area contributed by atoms with E-state index in [1.54, 1.807) is 7.05 Å². The Labute approximate surface area is 81.0 Å². The standard InChI is InChI=1S/C6H10N4O3S/c1-10-8-6(7-9-10)3-5(11)4-14(2,12)13/h3-4H2,1-2H3. The van der Waals surface area contributed by atoms with Crippen molar-refractivity contribution < 1.29 is 13.2 Å². The maximum atomic E-state index is 11.1. The lowest BCUT2D eigenvalue weighted by Gasteiger charge is -1.94. The first-order chi connectivity index (χ1) is 6.37. The van der Waals surface area contributed by atoms with Gasteiger partial charge in [-0.2, -0.15) is 4.80 Å². The van der Waals surface area contributed by atoms with E-state index in [9.17, 15) is 13.2 Å². The summed E-state index contributed by atoms with van der Waals surface area (Å²) in [4.78, 5) is 12.4. The summed E-state index contributed by atoms with van der Waals surface area (Å²) in [5, 5.41) is 10.9. The number of hydrogen-bond acceptors (Lipinski definition) is 6. The monoisotopic (exact) mass is 218 g/mol. The number of aromatic nitrogens is 4. The summed E-state index contributed by atoms with van der Waals surface area (Å²) in [6, 6.07) is 0. The van der Waals surface area contributed by atoms with Gasteiger partial charge in [-0.25, -0.2) is 8.42 Å². The largest absolute Gasteiger partial charge is 0.298 e. The van der Waals surface area contributed by atoms with Crippen LogP contribution in [0.3, 0.4) is 0 Å². The molecule has 0 aliphatic carbocycles. The van der Waals surface area contributed by atoms with E-state index in [0.29, 0.717) is 0 Å². The lowest BCUT2D eigenvalue weighted by atomic mass is 10.3. The van der Waals surface area contributed by atoms with Gasteiger partial charge in [-0.15, -0.1) is 10.2 Å². The van der Waals surface area contributed by atoms with Crippen molar-refractivity contribution in [3.05, 3.63) is 5.82 Å². The van der Waals surface area contributed by atoms with E-state index in [-0.39, 0.29) is 12.2 Å². The summed E-state index contributed by atoms with van der Waals surface area (Å²) in [6.45, 7) is 0. The van der Waals surface area contributed by atoms with Gasteiger partial charge in [0.05, 0.1) is 13.5 Å². The van der Waals surface area contributed by atoms with Crippen molar-refractivity contribution in [2.45, 2.75) is 6.42 Å². The molecule has 0 radical (unpaired) electrons. The SMILES string of the molecule is Cn1nnc(CC(=O)CS(C)(=O)=O)n1. The van der Waals surface area contributed by atoms with Crippen LogP contribution in [0.5, 0.6) is 0 Å². The molecule has 0 spiro atoms. The number of ketones is 1. The molecule has 0 saturated carbocycles. The number of tetrazole rings is 1. The van der Waals surface area contributed by atoms with Crippen molar-refractivity contribution in [3.8, 4) is 0 Å². The number of aryl methyl sites for hydroxylation is 1. The van der Waals surface area contributed by atoms with Gasteiger partial charge in [0.2, 0.25) is 0 Å². The number of Topliss-reactive ketones (excluding diaryl/α,β-unsaturated/α-hetero) is 1. The number of hydrogen-bond donors (Lipinski definition) is 0. The van der Waals surface area contributed by atoms with Crippen molar-refractivity contribution in [1.82, 2.24) is 20.2 Å². The van der Waals surface area contributed by atoms with Crippen LogP contribution >= 0.6 is 0 Å². The Kier molecular flexibility index (Phi) is 2.94. The van der Waals surface area contributed by atoms with Gasteiger partial charge in [0.1, 0.15) is 5.75 Å². The van der Waals surface area contributed by atoms with Crippen LogP contribution in [0.4, 0.5) is 0 Å². The van der Waals surface area contributed by atoms with Gasteiger partial charge in [0, 0.05) is 6.26 Å². The lowest BCUT2D eigenvalue weighted by Crippen LogP contribution is -2.17. The highest BCUT2D eigenvalue weighted by Gasteiger charge is 2.13. The number of carbonyl (C=O) groups is 1. The molecule has 1 aromatic heterocycles. The van der Waals surface area contributed by atoms with Gasteiger partial charge >= 0.3 is 0 Å². The predicted octanol–water partition coefficient (Wildman–Crippen LogP) is -1.63. The second kappa shape index (κ2) is 3.82. The van der Waals surface area contributed by atoms with Crippen molar-refractivity contribution in [2.24, 2.45) is 7.05 Å². The van der Waals surface area contributed by atoms with Gasteiger partial charge in [0.15, 0.2) is 21.4 Å². The van der Waals surface area contributed by atoms with Crippen molar-refractivity contribution >= 4 is 15.6 Å². The van der Waals surface area contributed by atoms with E-state index >= 15 is 0 Å². The van der Waals surface area contributed by atoms with Gasteiger partial charge in [0.25, 0.3) is 0 Å². The smallest absolute Gasteiger partial charge is 0.182 e. The van der Waals surface area contributed by atoms with Crippen molar-refractivity contribution in [3.63, 3.8) is 0 Å². The molecule has 0 saturated heterocycles. The zero-order chi connectivity index (χ0) is 10.8. The van der Waals surface area contributed by atoms with E-state index in [2.05, 4.69) is 15.4 Å². The quantitative estimate of drug-likeness (QED) is 0.602. The molecule has 0 aliphatic rings. The first kappa shape index (κ1) is 10.8. The van der Waals surface area contributed by atoms with E-state index in [1.165, 1.54) is 4.80 Å². The summed E-state index contributed by atoms with van der Waals surface area (Å²) in [5.41, 5.74) is 0. The third-order valence-corrected chi connectivity index (χ3v) is 2.17. The summed E-state index contributed by atoms with van der Waals surface area (Å²) in [7, 11) is -1.70. The van der Waals surface area contributed by atoms with Gasteiger partial charge in [-0.3, -0.25) is 4.79 Å². The molecular weight excluding hydrogens is 208 g/mol. The molecule has 1 heterocycles. The topological polar surface area (TPSA) is 94.8 Å². The second-order valence-electron chi connectivity index (χ2n) is 2.98. The highest BCUT2D eigenvalue weighted by molar-refractivity contribution is 7.91. The molecule has 1 aromatic rings. The van der Waals surface area contributed by atoms with E-state index in [4.69, 9.17) is 0 Å². The Morgan fingerprint density at radius 1 is 1.50 bits per heavy atom. The fraction of sp³-hybridized carbons (Fsp3) is 0.667. The van der Waals surface area contributed by atoms with Crippen LogP contribution < -0.4 is 0 Å². The molecule has 1 rings (SSSR count). The highest BCUT2D eigenvalue weighted by Crippen LogP contribution is 1.92. The number of sulfone groups is 1. The van der Waals surface area contributed by atoms with Crippen LogP contribution in [0.1, 0.15) is 5.82 Å². The van der Waals surface area contributed by atoms with Crippen LogP contribution in [0.25, 0.3) is 0 Å². The molecule has 78 valence electrons. The maximum absolute atomic E-state index is 11.1. The van der Waals surface area contributed by atoms with Crippen LogP contribution in [0, 0.1) is 0 Å². The Morgan fingerprint density at radius 3 is 2.57 bits per heavy atom. The van der Waals surface area contributed by atoms with Crippen LogP contribution in [0.15, 0.2) is 0 Å². The van der Waals surface area contributed by atoms with Gasteiger partial charge in [-0.05, 0) is 5.21 Å². The predicted molar refractivity (Wildman–Crippen MR) is 47.2 cm³/mol. The maximum Gasteiger partial charge on any atom is 0.182 e. The fourth-order valence-electron chi connectivity index (χ4n) is 0.914. The Balaban J connectivity index is 2.58. The summed E-state index contributed by atoms with van der Waals surface area (Å²) in [6.07, 6.45) is 0.913. The number of nitrogens with zero attached hydrogens (tertiary/aromatic N) is 4. The minimum Gasteiger partial charge on any atom is -0.298 e. The molecule has 0 aliphatic heterocycles. The Bertz CT molecular complexity index is 436. The minimum atomic E-state index is -3.27. The molecule has 0 bridgehead atoms. The normalized spacial score (nSPS) is 11.6. The van der Waals surface area contributed by atoms with Crippen molar-refractivity contribution in [1.29, 1.82) is 0 Å². The third-order valence-electron chi connectivity index (χ3n) is 1.33. The average Bonchev–Trinajstić information content (AvgIpc) is 2.30. The Hall–Kier alpha value is -1.31. The lowest BCUT2D eigenvalue weighted by molar-refractivity contribution is -0.116. The minimum absolute atomic E-state index is 0.0963. The average molecular weight is 218 g/mol. The molecular formula is C6H10N4O3S.